The number of nitrogens with zero attached hydrogens (tertiary/aromatic N) is 5. The van der Waals surface area contributed by atoms with Crippen LogP contribution in [0.15, 0.2) is 24.3 Å². The molecule has 1 aliphatic heterocycles. The molecule has 1 N–H and O–H groups in total. The number of carbonyl (C=O) groups is 1. The maximum atomic E-state index is 13.2. The molecule has 30 heavy (non-hydrogen) atoms. The van der Waals surface area contributed by atoms with E-state index in [2.05, 4.69) is 25.2 Å². The molecule has 3 aromatic rings. The van der Waals surface area contributed by atoms with Crippen molar-refractivity contribution in [3.63, 3.8) is 0 Å². The van der Waals surface area contributed by atoms with Crippen LogP contribution in [-0.4, -0.2) is 37.0 Å². The van der Waals surface area contributed by atoms with Gasteiger partial charge in [0.2, 0.25) is 0 Å². The molecule has 4 rings (SSSR count). The molecule has 0 saturated carbocycles. The molecular weight excluding hydrogens is 407 g/mol. The summed E-state index contributed by atoms with van der Waals surface area (Å²) in [6.07, 6.45) is 6.05. The highest BCUT2D eigenvalue weighted by Gasteiger charge is 2.21. The predicted molar refractivity (Wildman–Crippen MR) is 112 cm³/mol. The first-order chi connectivity index (χ1) is 14.5. The van der Waals surface area contributed by atoms with E-state index in [-0.39, 0.29) is 16.9 Å². The average Bonchev–Trinajstić information content (AvgIpc) is 3.15. The summed E-state index contributed by atoms with van der Waals surface area (Å²) < 4.78 is 16.8. The van der Waals surface area contributed by atoms with Gasteiger partial charge in [-0.3, -0.25) is 4.79 Å². The fraction of sp³-hybridized carbons (Fsp3) is 0.429. The van der Waals surface area contributed by atoms with E-state index in [4.69, 9.17) is 11.6 Å². The Morgan fingerprint density at radius 2 is 2.00 bits per heavy atom. The molecule has 0 atom stereocenters. The molecule has 3 heterocycles. The van der Waals surface area contributed by atoms with E-state index in [1.165, 1.54) is 29.7 Å². The molecule has 0 radical (unpaired) electrons. The number of carbonyl (C=O) groups excluding carboxylic acids is 1. The Kier molecular flexibility index (Phi) is 6.13. The minimum atomic E-state index is -0.346. The highest BCUT2D eigenvalue weighted by Crippen LogP contribution is 2.23. The van der Waals surface area contributed by atoms with Crippen LogP contribution < -0.4 is 5.32 Å². The van der Waals surface area contributed by atoms with Crippen LogP contribution in [0.3, 0.4) is 0 Å². The fourth-order valence-electron chi connectivity index (χ4n) is 3.78. The molecular formula is C21H24ClFN6O. The van der Waals surface area contributed by atoms with Gasteiger partial charge in [-0.25, -0.2) is 9.07 Å². The molecule has 0 unspecified atom stereocenters. The number of rotatable bonds is 6. The molecule has 0 aliphatic carbocycles. The Bertz CT molecular complexity index is 1040. The standard InChI is InChI=1S/C21H24ClFN6O/c1-14-19(20(22)29(27-14)16-10-8-15(23)9-11-16)21(30)24-12-5-7-18-26-25-17-6-3-2-4-13-28(17)18/h8-11H,2-7,12-13H2,1H3,(H,24,30). The highest BCUT2D eigenvalue weighted by atomic mass is 35.5. The second-order valence-electron chi connectivity index (χ2n) is 7.49. The molecule has 7 nitrogen and oxygen atoms in total. The van der Waals surface area contributed by atoms with Crippen LogP contribution in [0.5, 0.6) is 0 Å². The van der Waals surface area contributed by atoms with Gasteiger partial charge in [-0.15, -0.1) is 10.2 Å². The first-order valence-corrected chi connectivity index (χ1v) is 10.6. The lowest BCUT2D eigenvalue weighted by Crippen LogP contribution is -2.25. The summed E-state index contributed by atoms with van der Waals surface area (Å²) in [4.78, 5) is 12.7. The highest BCUT2D eigenvalue weighted by molar-refractivity contribution is 6.33. The molecule has 158 valence electrons. The van der Waals surface area contributed by atoms with Gasteiger partial charge >= 0.3 is 0 Å². The fourth-order valence-corrected chi connectivity index (χ4v) is 4.14. The zero-order valence-electron chi connectivity index (χ0n) is 16.9. The first-order valence-electron chi connectivity index (χ1n) is 10.2. The van der Waals surface area contributed by atoms with Crippen molar-refractivity contribution in [2.75, 3.05) is 6.54 Å². The van der Waals surface area contributed by atoms with Gasteiger partial charge in [-0.1, -0.05) is 18.0 Å². The average molecular weight is 431 g/mol. The van der Waals surface area contributed by atoms with Gasteiger partial charge in [-0.05, 0) is 50.5 Å². The van der Waals surface area contributed by atoms with Gasteiger partial charge in [0.15, 0.2) is 0 Å². The first kappa shape index (κ1) is 20.5. The maximum Gasteiger partial charge on any atom is 0.256 e. The minimum Gasteiger partial charge on any atom is -0.352 e. The Morgan fingerprint density at radius 1 is 1.20 bits per heavy atom. The second-order valence-corrected chi connectivity index (χ2v) is 7.85. The third kappa shape index (κ3) is 4.23. The number of amides is 1. The lowest BCUT2D eigenvalue weighted by molar-refractivity contribution is 0.0952. The van der Waals surface area contributed by atoms with E-state index in [0.717, 1.165) is 43.9 Å². The summed E-state index contributed by atoms with van der Waals surface area (Å²) in [6, 6.07) is 5.79. The predicted octanol–water partition coefficient (Wildman–Crippen LogP) is 3.65. The van der Waals surface area contributed by atoms with Crippen molar-refractivity contribution in [3.05, 3.63) is 58.1 Å². The molecule has 1 amide bonds. The van der Waals surface area contributed by atoms with Gasteiger partial charge in [0.05, 0.1) is 16.9 Å². The third-order valence-corrected chi connectivity index (χ3v) is 5.70. The number of hydrogen-bond donors (Lipinski definition) is 1. The number of halogens is 2. The van der Waals surface area contributed by atoms with Crippen molar-refractivity contribution in [3.8, 4) is 5.69 Å². The summed E-state index contributed by atoms with van der Waals surface area (Å²) in [5.41, 5.74) is 1.44. The summed E-state index contributed by atoms with van der Waals surface area (Å²) in [7, 11) is 0. The number of nitrogens with one attached hydrogen (secondary N) is 1. The van der Waals surface area contributed by atoms with Crippen molar-refractivity contribution in [2.45, 2.75) is 52.0 Å². The van der Waals surface area contributed by atoms with Crippen molar-refractivity contribution >= 4 is 17.5 Å². The lowest BCUT2D eigenvalue weighted by atomic mass is 10.2. The van der Waals surface area contributed by atoms with Crippen molar-refractivity contribution in [1.82, 2.24) is 29.9 Å². The summed E-state index contributed by atoms with van der Waals surface area (Å²) in [6.45, 7) is 3.20. The Hall–Kier alpha value is -2.74. The number of benzene rings is 1. The van der Waals surface area contributed by atoms with Crippen LogP contribution in [0.2, 0.25) is 5.15 Å². The lowest BCUT2D eigenvalue weighted by Gasteiger charge is -2.08. The van der Waals surface area contributed by atoms with Crippen LogP contribution in [0.4, 0.5) is 4.39 Å². The normalized spacial score (nSPS) is 13.7. The minimum absolute atomic E-state index is 0.208. The molecule has 9 heteroatoms. The Balaban J connectivity index is 1.37. The number of aryl methyl sites for hydroxylation is 3. The van der Waals surface area contributed by atoms with Crippen LogP contribution >= 0.6 is 11.6 Å². The second kappa shape index (κ2) is 8.95. The SMILES string of the molecule is Cc1nn(-c2ccc(F)cc2)c(Cl)c1C(=O)NCCCc1nnc2n1CCCCC2. The largest absolute Gasteiger partial charge is 0.352 e. The van der Waals surface area contributed by atoms with E-state index >= 15 is 0 Å². The summed E-state index contributed by atoms with van der Waals surface area (Å²) in [5.74, 6) is 1.44. The van der Waals surface area contributed by atoms with E-state index in [1.54, 1.807) is 19.1 Å². The smallest absolute Gasteiger partial charge is 0.256 e. The molecule has 2 aromatic heterocycles. The van der Waals surface area contributed by atoms with Gasteiger partial charge in [0.25, 0.3) is 5.91 Å². The monoisotopic (exact) mass is 430 g/mol. The molecule has 0 spiro atoms. The topological polar surface area (TPSA) is 77.6 Å². The van der Waals surface area contributed by atoms with Gasteiger partial charge in [0, 0.05) is 25.9 Å². The van der Waals surface area contributed by atoms with E-state index < -0.39 is 0 Å². The molecule has 0 bridgehead atoms. The van der Waals surface area contributed by atoms with Crippen LogP contribution in [0.1, 0.15) is 53.4 Å². The number of fused-ring (bicyclic) bond motifs is 1. The van der Waals surface area contributed by atoms with E-state index in [9.17, 15) is 9.18 Å². The van der Waals surface area contributed by atoms with Gasteiger partial charge < -0.3 is 9.88 Å². The third-order valence-electron chi connectivity index (χ3n) is 5.35. The van der Waals surface area contributed by atoms with Crippen molar-refractivity contribution < 1.29 is 9.18 Å². The van der Waals surface area contributed by atoms with Crippen LogP contribution in [0.25, 0.3) is 5.69 Å². The number of aromatic nitrogens is 5. The van der Waals surface area contributed by atoms with Crippen LogP contribution in [0, 0.1) is 12.7 Å². The van der Waals surface area contributed by atoms with Gasteiger partial charge in [-0.2, -0.15) is 5.10 Å². The Labute approximate surface area is 179 Å². The van der Waals surface area contributed by atoms with E-state index in [0.29, 0.717) is 23.5 Å². The quantitative estimate of drug-likeness (QED) is 0.605. The van der Waals surface area contributed by atoms with Gasteiger partial charge in [0.1, 0.15) is 22.6 Å². The van der Waals surface area contributed by atoms with Crippen molar-refractivity contribution in [2.24, 2.45) is 0 Å². The number of hydrogen-bond acceptors (Lipinski definition) is 4. The maximum absolute atomic E-state index is 13.2. The molecule has 0 fully saturated rings. The zero-order valence-corrected chi connectivity index (χ0v) is 17.6. The van der Waals surface area contributed by atoms with Crippen LogP contribution in [-0.2, 0) is 19.4 Å². The van der Waals surface area contributed by atoms with Crippen molar-refractivity contribution in [1.29, 1.82) is 0 Å². The summed E-state index contributed by atoms with van der Waals surface area (Å²) >= 11 is 6.41. The Morgan fingerprint density at radius 3 is 2.80 bits per heavy atom. The molecule has 0 saturated heterocycles. The van der Waals surface area contributed by atoms with E-state index in [1.807, 2.05) is 0 Å². The molecule has 1 aliphatic rings. The molecule has 1 aromatic carbocycles. The zero-order chi connectivity index (χ0) is 21.1. The summed E-state index contributed by atoms with van der Waals surface area (Å²) in [5, 5.41) is 16.1.